The van der Waals surface area contributed by atoms with Crippen LogP contribution in [0.3, 0.4) is 0 Å². The second-order valence-corrected chi connectivity index (χ2v) is 15.8. The molecule has 0 spiro atoms. The number of carbonyl (C=O) groups is 1. The zero-order chi connectivity index (χ0) is 34.0. The molecule has 5 rings (SSSR count). The molecule has 2 saturated heterocycles. The van der Waals surface area contributed by atoms with E-state index in [2.05, 4.69) is 73.5 Å². The van der Waals surface area contributed by atoms with E-state index in [1.54, 1.807) is 48.7 Å². The first-order valence-corrected chi connectivity index (χ1v) is 16.9. The Kier molecular flexibility index (Phi) is 10.0. The highest BCUT2D eigenvalue weighted by molar-refractivity contribution is 6.32. The number of carbonyl (C=O) groups excluding carboxylic acids is 1. The van der Waals surface area contributed by atoms with Gasteiger partial charge in [-0.1, -0.05) is 23.7 Å². The number of nitrogens with two attached hydrogens (primary N) is 1. The Morgan fingerprint density at radius 2 is 1.70 bits per heavy atom. The van der Waals surface area contributed by atoms with Crippen LogP contribution in [-0.2, 0) is 0 Å². The van der Waals surface area contributed by atoms with Crippen LogP contribution in [0.5, 0.6) is 11.5 Å². The second-order valence-electron chi connectivity index (χ2n) is 15.4. The van der Waals surface area contributed by atoms with Crippen molar-refractivity contribution in [2.24, 2.45) is 5.73 Å². The number of nitriles is 1. The molecule has 0 radical (unpaired) electrons. The van der Waals surface area contributed by atoms with Crippen molar-refractivity contribution in [2.75, 3.05) is 0 Å². The summed E-state index contributed by atoms with van der Waals surface area (Å²) in [5.41, 5.74) is 8.24. The van der Waals surface area contributed by atoms with E-state index in [1.165, 1.54) is 6.33 Å². The molecule has 2 aliphatic heterocycles. The van der Waals surface area contributed by atoms with Crippen LogP contribution in [0.15, 0.2) is 55.0 Å². The average molecular weight is 658 g/mol. The lowest BCUT2D eigenvalue weighted by Crippen LogP contribution is -2.64. The number of nitrogens with zero attached hydrogens (tertiary/aromatic N) is 3. The van der Waals surface area contributed by atoms with Gasteiger partial charge in [0.25, 0.3) is 5.91 Å². The van der Waals surface area contributed by atoms with Gasteiger partial charge in [-0.3, -0.25) is 4.79 Å². The zero-order valence-electron chi connectivity index (χ0n) is 28.4. The predicted octanol–water partition coefficient (Wildman–Crippen LogP) is 6.90. The van der Waals surface area contributed by atoms with Crippen molar-refractivity contribution < 1.29 is 9.53 Å². The molecule has 2 aliphatic rings. The van der Waals surface area contributed by atoms with Crippen molar-refractivity contribution in [1.29, 1.82) is 5.26 Å². The predicted molar refractivity (Wildman–Crippen MR) is 186 cm³/mol. The van der Waals surface area contributed by atoms with E-state index in [0.29, 0.717) is 33.9 Å². The summed E-state index contributed by atoms with van der Waals surface area (Å²) in [5, 5.41) is 21.2. The van der Waals surface area contributed by atoms with Crippen molar-refractivity contribution in [1.82, 2.24) is 25.9 Å². The minimum atomic E-state index is -0.179. The molecule has 3 aromatic rings. The molecule has 0 aliphatic carbocycles. The van der Waals surface area contributed by atoms with E-state index in [-0.39, 0.29) is 45.2 Å². The summed E-state index contributed by atoms with van der Waals surface area (Å²) in [6.45, 7) is 13.5. The highest BCUT2D eigenvalue weighted by Gasteiger charge is 2.42. The van der Waals surface area contributed by atoms with Crippen LogP contribution >= 0.6 is 11.6 Å². The molecule has 2 aromatic carbocycles. The van der Waals surface area contributed by atoms with Crippen LogP contribution < -0.4 is 26.4 Å². The molecule has 47 heavy (non-hydrogen) atoms. The largest absolute Gasteiger partial charge is 0.454 e. The summed E-state index contributed by atoms with van der Waals surface area (Å²) in [5.74, 6) is 0.515. The normalized spacial score (nSPS) is 26.6. The summed E-state index contributed by atoms with van der Waals surface area (Å²) in [4.78, 5) is 21.7. The first-order chi connectivity index (χ1) is 22.1. The summed E-state index contributed by atoms with van der Waals surface area (Å²) in [6.07, 6.45) is 9.75. The van der Waals surface area contributed by atoms with Gasteiger partial charge in [-0.15, -0.1) is 0 Å². The van der Waals surface area contributed by atoms with Crippen LogP contribution in [0.1, 0.15) is 102 Å². The number of amides is 1. The molecule has 1 amide bonds. The minimum Gasteiger partial charge on any atom is -0.454 e. The first kappa shape index (κ1) is 34.8. The molecule has 1 aromatic heterocycles. The second kappa shape index (κ2) is 13.5. The summed E-state index contributed by atoms with van der Waals surface area (Å²) in [6, 6.07) is 14.4. The monoisotopic (exact) mass is 657 g/mol. The number of halogens is 1. The number of rotatable bonds is 9. The molecule has 5 N–H and O–H groups in total. The van der Waals surface area contributed by atoms with E-state index < -0.39 is 0 Å². The van der Waals surface area contributed by atoms with E-state index in [9.17, 15) is 10.1 Å². The highest BCUT2D eigenvalue weighted by Crippen LogP contribution is 2.37. The van der Waals surface area contributed by atoms with Gasteiger partial charge in [0.05, 0.1) is 10.7 Å². The molecule has 4 unspecified atom stereocenters. The van der Waals surface area contributed by atoms with Gasteiger partial charge in [-0.25, -0.2) is 9.97 Å². The van der Waals surface area contributed by atoms with Crippen molar-refractivity contribution in [3.63, 3.8) is 0 Å². The maximum absolute atomic E-state index is 13.5. The first-order valence-electron chi connectivity index (χ1n) is 16.5. The lowest BCUT2D eigenvalue weighted by Gasteiger charge is -2.50. The topological polar surface area (TPSA) is 138 Å². The highest BCUT2D eigenvalue weighted by atomic mass is 35.5. The third-order valence-corrected chi connectivity index (χ3v) is 9.72. The fourth-order valence-electron chi connectivity index (χ4n) is 8.18. The standard InChI is InChI=1S/C37H48ClN7O2/c1-34(2)18-25(40)19-36(5,44-34)14-8-15-37(6)21-26(20-35(3,4)45-37)43-33(46)24-11-12-32(29(38)17-24)47-31-10-7-9-27(28(31)22-39)30-13-16-41-23-42-30/h7,9-13,16-17,23,25-26,44-45H,8,14-15,18-21,40H2,1-6H3,(H,43,46). The quantitative estimate of drug-likeness (QED) is 0.195. The van der Waals surface area contributed by atoms with Crippen molar-refractivity contribution in [2.45, 2.75) is 121 Å². The van der Waals surface area contributed by atoms with Crippen LogP contribution in [0, 0.1) is 11.3 Å². The number of benzene rings is 2. The Bertz CT molecular complexity index is 1640. The fourth-order valence-corrected chi connectivity index (χ4v) is 8.40. The van der Waals surface area contributed by atoms with Gasteiger partial charge in [-0.05, 0) is 117 Å². The minimum absolute atomic E-state index is 0.00285. The molecular weight excluding hydrogens is 610 g/mol. The smallest absolute Gasteiger partial charge is 0.251 e. The van der Waals surface area contributed by atoms with Gasteiger partial charge in [0, 0.05) is 51.6 Å². The summed E-state index contributed by atoms with van der Waals surface area (Å²) < 4.78 is 6.09. The van der Waals surface area contributed by atoms with E-state index in [0.717, 1.165) is 44.9 Å². The summed E-state index contributed by atoms with van der Waals surface area (Å²) in [7, 11) is 0. The fraction of sp³-hybridized carbons (Fsp3) is 0.514. The van der Waals surface area contributed by atoms with Gasteiger partial charge in [0.15, 0.2) is 0 Å². The Morgan fingerprint density at radius 3 is 2.34 bits per heavy atom. The SMILES string of the molecule is CC1(C)CC(N)CC(C)(CCCC2(C)CC(NC(=O)c3ccc(Oc4cccc(-c5ccncn5)c4C#N)c(Cl)c3)CC(C)(C)N2)N1. The molecule has 2 fully saturated rings. The van der Waals surface area contributed by atoms with Crippen LogP contribution in [0.4, 0.5) is 0 Å². The number of nitrogens with one attached hydrogen (secondary N) is 3. The van der Waals surface area contributed by atoms with Crippen molar-refractivity contribution in [3.8, 4) is 28.8 Å². The average Bonchev–Trinajstić information content (AvgIpc) is 2.96. The molecule has 10 heteroatoms. The lowest BCUT2D eigenvalue weighted by molar-refractivity contribution is 0.0833. The number of piperidine rings is 2. The Hall–Kier alpha value is -3.55. The molecule has 0 bridgehead atoms. The van der Waals surface area contributed by atoms with Gasteiger partial charge < -0.3 is 26.4 Å². The molecule has 4 atom stereocenters. The number of hydrogen-bond acceptors (Lipinski definition) is 8. The molecule has 3 heterocycles. The van der Waals surface area contributed by atoms with Gasteiger partial charge >= 0.3 is 0 Å². The van der Waals surface area contributed by atoms with Gasteiger partial charge in [0.2, 0.25) is 0 Å². The van der Waals surface area contributed by atoms with E-state index in [4.69, 9.17) is 22.1 Å². The third-order valence-electron chi connectivity index (χ3n) is 9.42. The Balaban J connectivity index is 1.23. The van der Waals surface area contributed by atoms with Crippen LogP contribution in [-0.4, -0.2) is 50.1 Å². The summed E-state index contributed by atoms with van der Waals surface area (Å²) >= 11 is 6.64. The molecule has 0 saturated carbocycles. The maximum atomic E-state index is 13.5. The Labute approximate surface area is 284 Å². The number of ether oxygens (including phenoxy) is 1. The van der Waals surface area contributed by atoms with Crippen molar-refractivity contribution in [3.05, 3.63) is 71.1 Å². The molecule has 9 nitrogen and oxygen atoms in total. The zero-order valence-corrected chi connectivity index (χ0v) is 29.2. The van der Waals surface area contributed by atoms with Gasteiger partial charge in [0.1, 0.15) is 29.5 Å². The van der Waals surface area contributed by atoms with E-state index >= 15 is 0 Å². The van der Waals surface area contributed by atoms with Crippen molar-refractivity contribution >= 4 is 17.5 Å². The lowest BCUT2D eigenvalue weighted by atomic mass is 9.73. The molecular formula is C37H48ClN7O2. The van der Waals surface area contributed by atoms with Crippen LogP contribution in [0.2, 0.25) is 5.02 Å². The maximum Gasteiger partial charge on any atom is 0.251 e. The third kappa shape index (κ3) is 8.68. The molecule has 250 valence electrons. The number of aromatic nitrogens is 2. The number of hydrogen-bond donors (Lipinski definition) is 4. The Morgan fingerprint density at radius 1 is 1.00 bits per heavy atom. The van der Waals surface area contributed by atoms with Crippen LogP contribution in [0.25, 0.3) is 11.3 Å². The van der Waals surface area contributed by atoms with Gasteiger partial charge in [-0.2, -0.15) is 5.26 Å². The van der Waals surface area contributed by atoms with E-state index in [1.807, 2.05) is 0 Å².